The van der Waals surface area contributed by atoms with Crippen LogP contribution in [0, 0.1) is 5.92 Å². The van der Waals surface area contributed by atoms with Gasteiger partial charge in [0.15, 0.2) is 0 Å². The molecule has 1 N–H and O–H groups in total. The van der Waals surface area contributed by atoms with Crippen LogP contribution in [-0.2, 0) is 0 Å². The lowest BCUT2D eigenvalue weighted by molar-refractivity contribution is 0.000446. The molecule has 60 valence electrons. The van der Waals surface area contributed by atoms with Gasteiger partial charge in [-0.05, 0) is 25.7 Å². The quantitative estimate of drug-likeness (QED) is 0.515. The van der Waals surface area contributed by atoms with E-state index in [0.29, 0.717) is 5.92 Å². The molecule has 0 aromatic carbocycles. The van der Waals surface area contributed by atoms with Crippen LogP contribution < -0.4 is 0 Å². The molecule has 1 fully saturated rings. The largest absolute Gasteiger partial charge is 0.390 e. The first-order valence-corrected chi connectivity index (χ1v) is 4.35. The molecule has 1 saturated carbocycles. The van der Waals surface area contributed by atoms with Crippen LogP contribution in [0.4, 0.5) is 0 Å². The highest BCUT2D eigenvalue weighted by Crippen LogP contribution is 2.31. The van der Waals surface area contributed by atoms with Gasteiger partial charge < -0.3 is 5.11 Å². The van der Waals surface area contributed by atoms with E-state index < -0.39 is 0 Å². The van der Waals surface area contributed by atoms with E-state index in [1.54, 1.807) is 0 Å². The van der Waals surface area contributed by atoms with Gasteiger partial charge in [0.25, 0.3) is 0 Å². The fraction of sp³-hybridized carbons (Fsp3) is 1.00. The smallest absolute Gasteiger partial charge is 0.0645 e. The van der Waals surface area contributed by atoms with E-state index in [1.807, 2.05) is 6.92 Å². The highest BCUT2D eigenvalue weighted by Gasteiger charge is 2.28. The van der Waals surface area contributed by atoms with Crippen LogP contribution in [0.2, 0.25) is 0 Å². The van der Waals surface area contributed by atoms with E-state index in [2.05, 4.69) is 6.92 Å². The zero-order chi connectivity index (χ0) is 7.61. The summed E-state index contributed by atoms with van der Waals surface area (Å²) in [6.07, 6.45) is 6.01. The van der Waals surface area contributed by atoms with Crippen LogP contribution in [-0.4, -0.2) is 10.7 Å². The van der Waals surface area contributed by atoms with E-state index in [0.717, 1.165) is 6.42 Å². The summed E-state index contributed by atoms with van der Waals surface area (Å²) in [5.74, 6) is 0.495. The van der Waals surface area contributed by atoms with Crippen molar-refractivity contribution in [1.82, 2.24) is 0 Å². The number of hydrogen-bond donors (Lipinski definition) is 1. The minimum absolute atomic E-state index is 0.378. The summed E-state index contributed by atoms with van der Waals surface area (Å²) in [4.78, 5) is 0. The summed E-state index contributed by atoms with van der Waals surface area (Å²) in [6.45, 7) is 4.13. The summed E-state index contributed by atoms with van der Waals surface area (Å²) in [5.41, 5.74) is -0.378. The van der Waals surface area contributed by atoms with Gasteiger partial charge in [-0.15, -0.1) is 0 Å². The van der Waals surface area contributed by atoms with Crippen molar-refractivity contribution in [1.29, 1.82) is 0 Å². The molecule has 0 saturated heterocycles. The molecule has 1 rings (SSSR count). The molecule has 1 aliphatic rings. The Labute approximate surface area is 63.4 Å². The van der Waals surface area contributed by atoms with Crippen molar-refractivity contribution in [3.63, 3.8) is 0 Å². The monoisotopic (exact) mass is 142 g/mol. The SMILES string of the molecule is CC1CCCCCC1(C)O. The van der Waals surface area contributed by atoms with Gasteiger partial charge in [-0.1, -0.05) is 26.2 Å². The Morgan fingerprint density at radius 3 is 2.70 bits per heavy atom. The maximum absolute atomic E-state index is 9.82. The van der Waals surface area contributed by atoms with Crippen LogP contribution in [0.15, 0.2) is 0 Å². The lowest BCUT2D eigenvalue weighted by atomic mass is 9.87. The zero-order valence-corrected chi connectivity index (χ0v) is 7.06. The van der Waals surface area contributed by atoms with Gasteiger partial charge in [-0.25, -0.2) is 0 Å². The van der Waals surface area contributed by atoms with Crippen LogP contribution in [0.5, 0.6) is 0 Å². The van der Waals surface area contributed by atoms with Gasteiger partial charge in [0.2, 0.25) is 0 Å². The van der Waals surface area contributed by atoms with Crippen LogP contribution in [0.25, 0.3) is 0 Å². The van der Waals surface area contributed by atoms with Gasteiger partial charge in [-0.3, -0.25) is 0 Å². The second-order valence-electron chi connectivity index (χ2n) is 3.86. The first-order valence-electron chi connectivity index (χ1n) is 4.35. The summed E-state index contributed by atoms with van der Waals surface area (Å²) in [6, 6.07) is 0. The standard InChI is InChI=1S/C9H18O/c1-8-6-4-3-5-7-9(8,2)10/h8,10H,3-7H2,1-2H3. The minimum atomic E-state index is -0.378. The third-order valence-corrected chi connectivity index (χ3v) is 2.88. The molecule has 0 heterocycles. The summed E-state index contributed by atoms with van der Waals surface area (Å²) >= 11 is 0. The molecule has 0 radical (unpaired) electrons. The van der Waals surface area contributed by atoms with Crippen LogP contribution in [0.3, 0.4) is 0 Å². The second-order valence-corrected chi connectivity index (χ2v) is 3.86. The molecule has 2 unspecified atom stereocenters. The summed E-state index contributed by atoms with van der Waals surface area (Å²) in [7, 11) is 0. The molecule has 1 heteroatoms. The third kappa shape index (κ3) is 1.72. The first kappa shape index (κ1) is 8.06. The zero-order valence-electron chi connectivity index (χ0n) is 7.06. The van der Waals surface area contributed by atoms with Gasteiger partial charge in [-0.2, -0.15) is 0 Å². The van der Waals surface area contributed by atoms with Crippen molar-refractivity contribution in [3.05, 3.63) is 0 Å². The van der Waals surface area contributed by atoms with Crippen LogP contribution in [0.1, 0.15) is 46.0 Å². The lowest BCUT2D eigenvalue weighted by Gasteiger charge is -2.27. The van der Waals surface area contributed by atoms with Crippen molar-refractivity contribution in [2.75, 3.05) is 0 Å². The average Bonchev–Trinajstić information content (AvgIpc) is 1.96. The van der Waals surface area contributed by atoms with Gasteiger partial charge in [0.1, 0.15) is 0 Å². The highest BCUT2D eigenvalue weighted by molar-refractivity contribution is 4.81. The fourth-order valence-electron chi connectivity index (χ4n) is 1.67. The van der Waals surface area contributed by atoms with Gasteiger partial charge >= 0.3 is 0 Å². The van der Waals surface area contributed by atoms with E-state index in [1.165, 1.54) is 25.7 Å². The molecule has 0 amide bonds. The average molecular weight is 142 g/mol. The normalized spacial score (nSPS) is 42.9. The topological polar surface area (TPSA) is 20.2 Å². The van der Waals surface area contributed by atoms with Crippen LogP contribution >= 0.6 is 0 Å². The number of rotatable bonds is 0. The summed E-state index contributed by atoms with van der Waals surface area (Å²) < 4.78 is 0. The lowest BCUT2D eigenvalue weighted by Crippen LogP contribution is -2.31. The molecule has 1 aliphatic carbocycles. The number of hydrogen-bond acceptors (Lipinski definition) is 1. The molecule has 0 bridgehead atoms. The predicted molar refractivity (Wildman–Crippen MR) is 42.9 cm³/mol. The van der Waals surface area contributed by atoms with E-state index in [-0.39, 0.29) is 5.60 Å². The molecule has 2 atom stereocenters. The third-order valence-electron chi connectivity index (χ3n) is 2.88. The maximum atomic E-state index is 9.82. The second kappa shape index (κ2) is 2.91. The molecule has 0 aromatic rings. The van der Waals surface area contributed by atoms with Gasteiger partial charge in [0.05, 0.1) is 5.60 Å². The Hall–Kier alpha value is -0.0400. The Kier molecular flexibility index (Phi) is 2.35. The van der Waals surface area contributed by atoms with Crippen molar-refractivity contribution in [2.45, 2.75) is 51.6 Å². The maximum Gasteiger partial charge on any atom is 0.0645 e. The summed E-state index contributed by atoms with van der Waals surface area (Å²) in [5, 5.41) is 9.82. The molecule has 1 nitrogen and oxygen atoms in total. The predicted octanol–water partition coefficient (Wildman–Crippen LogP) is 2.34. The fourth-order valence-corrected chi connectivity index (χ4v) is 1.67. The highest BCUT2D eigenvalue weighted by atomic mass is 16.3. The van der Waals surface area contributed by atoms with Crippen molar-refractivity contribution in [3.8, 4) is 0 Å². The Morgan fingerprint density at radius 1 is 1.30 bits per heavy atom. The molecule has 0 spiro atoms. The molecule has 0 aliphatic heterocycles. The molecule has 0 aromatic heterocycles. The van der Waals surface area contributed by atoms with E-state index in [9.17, 15) is 5.11 Å². The Bertz CT molecular complexity index is 107. The van der Waals surface area contributed by atoms with Gasteiger partial charge in [0, 0.05) is 0 Å². The van der Waals surface area contributed by atoms with E-state index in [4.69, 9.17) is 0 Å². The van der Waals surface area contributed by atoms with Crippen molar-refractivity contribution in [2.24, 2.45) is 5.92 Å². The molecular weight excluding hydrogens is 124 g/mol. The van der Waals surface area contributed by atoms with Crippen molar-refractivity contribution >= 4 is 0 Å². The van der Waals surface area contributed by atoms with E-state index >= 15 is 0 Å². The molecule has 10 heavy (non-hydrogen) atoms. The Morgan fingerprint density at radius 2 is 2.00 bits per heavy atom. The Balaban J connectivity index is 2.52. The number of aliphatic hydroxyl groups is 1. The molecular formula is C9H18O. The minimum Gasteiger partial charge on any atom is -0.390 e. The first-order chi connectivity index (χ1) is 4.63. The van der Waals surface area contributed by atoms with Crippen molar-refractivity contribution < 1.29 is 5.11 Å².